The van der Waals surface area contributed by atoms with Gasteiger partial charge in [-0.3, -0.25) is 4.57 Å². The number of nitrogens with two attached hydrogens (primary N) is 1. The van der Waals surface area contributed by atoms with Gasteiger partial charge in [-0.15, -0.1) is 0 Å². The molecule has 0 radical (unpaired) electrons. The first-order valence-corrected chi connectivity index (χ1v) is 5.53. The first kappa shape index (κ1) is 16.9. The molecule has 1 heterocycles. The van der Waals surface area contributed by atoms with Gasteiger partial charge in [0.1, 0.15) is 0 Å². The van der Waals surface area contributed by atoms with Crippen molar-refractivity contribution in [1.29, 1.82) is 10.5 Å². The lowest BCUT2D eigenvalue weighted by Gasteiger charge is -2.04. The maximum atomic E-state index is 11.6. The molecule has 0 saturated carbocycles. The third-order valence-electron chi connectivity index (χ3n) is 2.38. The van der Waals surface area contributed by atoms with Crippen LogP contribution in [-0.2, 0) is 0 Å². The molecule has 0 aliphatic heterocycles. The molecule has 0 unspecified atom stereocenters. The van der Waals surface area contributed by atoms with Crippen LogP contribution in [0.15, 0.2) is 32.5 Å². The molecule has 20 heavy (non-hydrogen) atoms. The molecule has 7 nitrogen and oxygen atoms in total. The summed E-state index contributed by atoms with van der Waals surface area (Å²) in [6.07, 6.45) is 1.51. The first-order chi connectivity index (χ1) is 9.63. The van der Waals surface area contributed by atoms with Crippen LogP contribution in [0, 0.1) is 23.7 Å². The van der Waals surface area contributed by atoms with Gasteiger partial charge in [-0.2, -0.15) is 5.10 Å². The van der Waals surface area contributed by atoms with E-state index in [4.69, 9.17) is 20.8 Å². The van der Waals surface area contributed by atoms with Crippen LogP contribution in [0.5, 0.6) is 0 Å². The molecule has 7 heteroatoms. The molecule has 1 aromatic carbocycles. The Balaban J connectivity index is 0.000000829. The van der Waals surface area contributed by atoms with Crippen molar-refractivity contribution in [3.63, 3.8) is 0 Å². The van der Waals surface area contributed by atoms with Gasteiger partial charge in [0.25, 0.3) is 0 Å². The lowest BCUT2D eigenvalue weighted by Crippen LogP contribution is -2.15. The summed E-state index contributed by atoms with van der Waals surface area (Å²) in [5.41, 5.74) is 2.14. The third kappa shape index (κ3) is 3.47. The van der Waals surface area contributed by atoms with Crippen molar-refractivity contribution in [2.45, 2.75) is 19.9 Å². The zero-order valence-corrected chi connectivity index (χ0v) is 11.2. The molecule has 0 amide bonds. The molecule has 0 fully saturated rings. The summed E-state index contributed by atoms with van der Waals surface area (Å²) >= 11 is 0. The number of hydrogen-bond acceptors (Lipinski definition) is 6. The van der Waals surface area contributed by atoms with E-state index in [9.17, 15) is 4.79 Å². The number of nitriles is 2. The minimum atomic E-state index is -0.341. The van der Waals surface area contributed by atoms with Gasteiger partial charge >= 0.3 is 5.76 Å². The molecule has 0 saturated heterocycles. The van der Waals surface area contributed by atoms with Crippen molar-refractivity contribution in [3.8, 4) is 13.1 Å². The van der Waals surface area contributed by atoms with E-state index in [0.717, 1.165) is 11.1 Å². The number of nitrogens with zero attached hydrogens (tertiary/aromatic N) is 4. The highest BCUT2D eigenvalue weighted by molar-refractivity contribution is 5.86. The van der Waals surface area contributed by atoms with E-state index in [2.05, 4.69) is 18.2 Å². The third-order valence-corrected chi connectivity index (χ3v) is 2.38. The smallest absolute Gasteiger partial charge is 0.408 e. The number of benzene rings is 1. The van der Waals surface area contributed by atoms with Crippen LogP contribution in [0.3, 0.4) is 0 Å². The van der Waals surface area contributed by atoms with Crippen LogP contribution in [-0.4, -0.2) is 10.8 Å². The second-order valence-corrected chi connectivity index (χ2v) is 3.84. The van der Waals surface area contributed by atoms with E-state index in [-0.39, 0.29) is 11.8 Å². The predicted molar refractivity (Wildman–Crippen MR) is 76.0 cm³/mol. The molecule has 0 bridgehead atoms. The van der Waals surface area contributed by atoms with Crippen LogP contribution in [0.2, 0.25) is 0 Å². The summed E-state index contributed by atoms with van der Waals surface area (Å²) in [5.74, 6) is 4.72. The molecule has 0 aliphatic rings. The Morgan fingerprint density at radius 1 is 1.35 bits per heavy atom. The zero-order chi connectivity index (χ0) is 15.7. The van der Waals surface area contributed by atoms with Crippen molar-refractivity contribution in [2.24, 2.45) is 10.9 Å². The summed E-state index contributed by atoms with van der Waals surface area (Å²) in [6, 6.07) is 5.48. The molecule has 0 atom stereocenters. The van der Waals surface area contributed by atoms with E-state index in [1.807, 2.05) is 26.0 Å². The minimum Gasteiger partial charge on any atom is -0.408 e. The van der Waals surface area contributed by atoms with Crippen molar-refractivity contribution >= 4 is 17.3 Å². The second kappa shape index (κ2) is 8.11. The van der Waals surface area contributed by atoms with Crippen molar-refractivity contribution < 1.29 is 4.42 Å². The SMILES string of the molecule is C#N.C#N.CC(C)n1c(=O)oc2cc(C=NN)ccc21. The van der Waals surface area contributed by atoms with Gasteiger partial charge in [0, 0.05) is 19.2 Å². The normalized spacial score (nSPS) is 9.75. The number of oxazole rings is 1. The highest BCUT2D eigenvalue weighted by Crippen LogP contribution is 2.17. The summed E-state index contributed by atoms with van der Waals surface area (Å²) in [7, 11) is 0. The first-order valence-electron chi connectivity index (χ1n) is 5.53. The van der Waals surface area contributed by atoms with Crippen molar-refractivity contribution in [3.05, 3.63) is 34.3 Å². The van der Waals surface area contributed by atoms with Crippen molar-refractivity contribution in [1.82, 2.24) is 4.57 Å². The van der Waals surface area contributed by atoms with E-state index in [0.29, 0.717) is 5.58 Å². The standard InChI is InChI=1S/C11H13N3O2.2CHN/c1-7(2)14-9-4-3-8(6-13-12)5-10(9)16-11(14)15;2*1-2/h3-7H,12H2,1-2H3;2*1H. The molecule has 0 aliphatic carbocycles. The van der Waals surface area contributed by atoms with Gasteiger partial charge in [-0.25, -0.2) is 15.3 Å². The summed E-state index contributed by atoms with van der Waals surface area (Å²) in [6.45, 7) is 10.9. The number of aromatic nitrogens is 1. The predicted octanol–water partition coefficient (Wildman–Crippen LogP) is 1.75. The van der Waals surface area contributed by atoms with E-state index in [1.54, 1.807) is 10.6 Å². The topological polar surface area (TPSA) is 121 Å². The van der Waals surface area contributed by atoms with E-state index < -0.39 is 0 Å². The lowest BCUT2D eigenvalue weighted by atomic mass is 10.2. The van der Waals surface area contributed by atoms with Crippen LogP contribution in [0.25, 0.3) is 11.1 Å². The fraction of sp³-hybridized carbons (Fsp3) is 0.231. The molecule has 2 N–H and O–H groups in total. The van der Waals surface area contributed by atoms with Crippen LogP contribution >= 0.6 is 0 Å². The highest BCUT2D eigenvalue weighted by atomic mass is 16.4. The molecule has 0 spiro atoms. The van der Waals surface area contributed by atoms with Gasteiger partial charge in [-0.05, 0) is 31.5 Å². The Hall–Kier alpha value is -3.06. The summed E-state index contributed by atoms with van der Waals surface area (Å²) in [5, 5.41) is 16.4. The Kier molecular flexibility index (Phi) is 6.87. The van der Waals surface area contributed by atoms with Crippen LogP contribution in [0.1, 0.15) is 25.5 Å². The second-order valence-electron chi connectivity index (χ2n) is 3.84. The van der Waals surface area contributed by atoms with Gasteiger partial charge in [0.05, 0.1) is 11.7 Å². The van der Waals surface area contributed by atoms with Gasteiger partial charge in [0.2, 0.25) is 0 Å². The maximum Gasteiger partial charge on any atom is 0.420 e. The monoisotopic (exact) mass is 273 g/mol. The maximum absolute atomic E-state index is 11.6. The number of rotatable bonds is 2. The fourth-order valence-corrected chi connectivity index (χ4v) is 1.71. The Bertz CT molecular complexity index is 670. The van der Waals surface area contributed by atoms with Gasteiger partial charge in [0.15, 0.2) is 5.58 Å². The average Bonchev–Trinajstić information content (AvgIpc) is 2.79. The molecular formula is C13H15N5O2. The summed E-state index contributed by atoms with van der Waals surface area (Å²) in [4.78, 5) is 11.6. The molecule has 104 valence electrons. The quantitative estimate of drug-likeness (QED) is 0.507. The molecule has 2 rings (SSSR count). The Morgan fingerprint density at radius 3 is 2.45 bits per heavy atom. The minimum absolute atomic E-state index is 0.0720. The highest BCUT2D eigenvalue weighted by Gasteiger charge is 2.11. The Labute approximate surface area is 116 Å². The number of hydrazone groups is 1. The molecule has 1 aromatic heterocycles. The fourth-order valence-electron chi connectivity index (χ4n) is 1.71. The van der Waals surface area contributed by atoms with Crippen molar-refractivity contribution in [2.75, 3.05) is 0 Å². The van der Waals surface area contributed by atoms with E-state index >= 15 is 0 Å². The van der Waals surface area contributed by atoms with Gasteiger partial charge < -0.3 is 10.3 Å². The largest absolute Gasteiger partial charge is 0.420 e. The van der Waals surface area contributed by atoms with Crippen LogP contribution in [0.4, 0.5) is 0 Å². The lowest BCUT2D eigenvalue weighted by molar-refractivity contribution is 0.478. The molecule has 2 aromatic rings. The average molecular weight is 273 g/mol. The zero-order valence-electron chi connectivity index (χ0n) is 11.2. The molecular weight excluding hydrogens is 258 g/mol. The number of hydrogen-bond donors (Lipinski definition) is 1. The Morgan fingerprint density at radius 2 is 1.95 bits per heavy atom. The summed E-state index contributed by atoms with van der Waals surface area (Å²) < 4.78 is 6.76. The van der Waals surface area contributed by atoms with Gasteiger partial charge in [-0.1, -0.05) is 6.07 Å². The number of fused-ring (bicyclic) bond motifs is 1. The van der Waals surface area contributed by atoms with E-state index in [1.165, 1.54) is 6.21 Å². The van der Waals surface area contributed by atoms with Crippen LogP contribution < -0.4 is 11.6 Å².